The van der Waals surface area contributed by atoms with Gasteiger partial charge in [-0.15, -0.1) is 0 Å². The number of benzene rings is 1. The molecule has 0 aliphatic rings. The summed E-state index contributed by atoms with van der Waals surface area (Å²) < 4.78 is 7.26. The SMILES string of the molecule is Cc1ccc(CNC(=O)c2cccc(Cn3cccn3)c2)o1. The second-order valence-corrected chi connectivity index (χ2v) is 5.10. The van der Waals surface area contributed by atoms with Crippen molar-refractivity contribution in [2.45, 2.75) is 20.0 Å². The molecule has 0 aliphatic carbocycles. The third-order valence-electron chi connectivity index (χ3n) is 3.31. The molecular formula is C17H17N3O2. The Kier molecular flexibility index (Phi) is 4.05. The molecule has 0 unspecified atom stereocenters. The standard InChI is InChI=1S/C17H17N3O2/c1-13-6-7-16(22-13)11-18-17(21)15-5-2-4-14(10-15)12-20-9-3-8-19-20/h2-10H,11-12H2,1H3,(H,18,21). The zero-order valence-electron chi connectivity index (χ0n) is 12.3. The Bertz CT molecular complexity index is 760. The molecule has 1 aromatic carbocycles. The highest BCUT2D eigenvalue weighted by molar-refractivity contribution is 5.94. The van der Waals surface area contributed by atoms with Crippen molar-refractivity contribution in [2.24, 2.45) is 0 Å². The summed E-state index contributed by atoms with van der Waals surface area (Å²) in [6, 6.07) is 13.2. The number of amides is 1. The third-order valence-corrected chi connectivity index (χ3v) is 3.31. The Morgan fingerprint density at radius 3 is 2.91 bits per heavy atom. The maximum Gasteiger partial charge on any atom is 0.251 e. The van der Waals surface area contributed by atoms with E-state index in [1.54, 1.807) is 12.3 Å². The van der Waals surface area contributed by atoms with E-state index in [0.29, 0.717) is 18.7 Å². The van der Waals surface area contributed by atoms with Gasteiger partial charge in [0.15, 0.2) is 0 Å². The van der Waals surface area contributed by atoms with E-state index >= 15 is 0 Å². The van der Waals surface area contributed by atoms with Crippen LogP contribution in [0.15, 0.2) is 59.3 Å². The summed E-state index contributed by atoms with van der Waals surface area (Å²) in [5, 5.41) is 7.03. The molecule has 0 saturated carbocycles. The lowest BCUT2D eigenvalue weighted by molar-refractivity contribution is 0.0947. The van der Waals surface area contributed by atoms with Crippen LogP contribution in [0.1, 0.15) is 27.4 Å². The van der Waals surface area contributed by atoms with Crippen LogP contribution in [0.5, 0.6) is 0 Å². The number of rotatable bonds is 5. The summed E-state index contributed by atoms with van der Waals surface area (Å²) >= 11 is 0. The first-order valence-corrected chi connectivity index (χ1v) is 7.10. The van der Waals surface area contributed by atoms with Crippen molar-refractivity contribution in [3.63, 3.8) is 0 Å². The lowest BCUT2D eigenvalue weighted by atomic mass is 10.1. The van der Waals surface area contributed by atoms with Crippen molar-refractivity contribution < 1.29 is 9.21 Å². The van der Waals surface area contributed by atoms with Crippen LogP contribution < -0.4 is 5.32 Å². The van der Waals surface area contributed by atoms with Gasteiger partial charge in [-0.3, -0.25) is 9.48 Å². The van der Waals surface area contributed by atoms with Gasteiger partial charge in [-0.1, -0.05) is 12.1 Å². The lowest BCUT2D eigenvalue weighted by Gasteiger charge is -2.06. The van der Waals surface area contributed by atoms with Crippen LogP contribution in [-0.4, -0.2) is 15.7 Å². The number of hydrogen-bond donors (Lipinski definition) is 1. The minimum absolute atomic E-state index is 0.114. The molecule has 1 N–H and O–H groups in total. The van der Waals surface area contributed by atoms with E-state index < -0.39 is 0 Å². The Labute approximate surface area is 128 Å². The number of carbonyl (C=O) groups is 1. The van der Waals surface area contributed by atoms with E-state index in [1.165, 1.54) is 0 Å². The van der Waals surface area contributed by atoms with E-state index in [-0.39, 0.29) is 5.91 Å². The number of nitrogens with one attached hydrogen (secondary N) is 1. The molecule has 5 nitrogen and oxygen atoms in total. The van der Waals surface area contributed by atoms with Crippen molar-refractivity contribution >= 4 is 5.91 Å². The summed E-state index contributed by atoms with van der Waals surface area (Å²) in [6.45, 7) is 2.91. The van der Waals surface area contributed by atoms with E-state index in [9.17, 15) is 4.79 Å². The maximum absolute atomic E-state index is 12.2. The number of aromatic nitrogens is 2. The van der Waals surface area contributed by atoms with Crippen LogP contribution >= 0.6 is 0 Å². The van der Waals surface area contributed by atoms with Gasteiger partial charge >= 0.3 is 0 Å². The molecule has 0 saturated heterocycles. The average Bonchev–Trinajstić information content (AvgIpc) is 3.17. The molecule has 2 aromatic heterocycles. The van der Waals surface area contributed by atoms with Crippen molar-refractivity contribution in [1.29, 1.82) is 0 Å². The molecule has 2 heterocycles. The Balaban J connectivity index is 1.64. The number of nitrogens with zero attached hydrogens (tertiary/aromatic N) is 2. The predicted octanol–water partition coefficient (Wildman–Crippen LogP) is 2.76. The van der Waals surface area contributed by atoms with Gasteiger partial charge in [-0.25, -0.2) is 0 Å². The highest BCUT2D eigenvalue weighted by Gasteiger charge is 2.07. The number of hydrogen-bond acceptors (Lipinski definition) is 3. The molecule has 0 atom stereocenters. The van der Waals surface area contributed by atoms with Gasteiger partial charge < -0.3 is 9.73 Å². The fourth-order valence-corrected chi connectivity index (χ4v) is 2.24. The first-order chi connectivity index (χ1) is 10.7. The van der Waals surface area contributed by atoms with E-state index in [4.69, 9.17) is 4.42 Å². The minimum Gasteiger partial charge on any atom is -0.465 e. The first kappa shape index (κ1) is 14.1. The molecule has 1 amide bonds. The van der Waals surface area contributed by atoms with Crippen LogP contribution in [0.4, 0.5) is 0 Å². The summed E-state index contributed by atoms with van der Waals surface area (Å²) in [5.74, 6) is 1.47. The molecule has 0 spiro atoms. The quantitative estimate of drug-likeness (QED) is 0.787. The fraction of sp³-hybridized carbons (Fsp3) is 0.176. The zero-order chi connectivity index (χ0) is 15.4. The first-order valence-electron chi connectivity index (χ1n) is 7.10. The van der Waals surface area contributed by atoms with Crippen LogP contribution in [-0.2, 0) is 13.1 Å². The summed E-state index contributed by atoms with van der Waals surface area (Å²) in [7, 11) is 0. The molecule has 0 radical (unpaired) electrons. The van der Waals surface area contributed by atoms with Crippen LogP contribution in [0, 0.1) is 6.92 Å². The van der Waals surface area contributed by atoms with Crippen LogP contribution in [0.25, 0.3) is 0 Å². The Hall–Kier alpha value is -2.82. The van der Waals surface area contributed by atoms with Gasteiger partial charge in [-0.05, 0) is 42.8 Å². The molecule has 5 heteroatoms. The molecule has 112 valence electrons. The molecule has 3 aromatic rings. The Morgan fingerprint density at radius 1 is 1.27 bits per heavy atom. The highest BCUT2D eigenvalue weighted by Crippen LogP contribution is 2.09. The molecule has 0 bridgehead atoms. The topological polar surface area (TPSA) is 60.1 Å². The van der Waals surface area contributed by atoms with Crippen molar-refractivity contribution in [2.75, 3.05) is 0 Å². The van der Waals surface area contributed by atoms with E-state index in [2.05, 4.69) is 10.4 Å². The van der Waals surface area contributed by atoms with Gasteiger partial charge in [0, 0.05) is 18.0 Å². The summed E-state index contributed by atoms with van der Waals surface area (Å²) in [5.41, 5.74) is 1.66. The monoisotopic (exact) mass is 295 g/mol. The van der Waals surface area contributed by atoms with Crippen LogP contribution in [0.2, 0.25) is 0 Å². The normalized spacial score (nSPS) is 10.6. The van der Waals surface area contributed by atoms with E-state index in [1.807, 2.05) is 54.2 Å². The zero-order valence-corrected chi connectivity index (χ0v) is 12.3. The smallest absolute Gasteiger partial charge is 0.251 e. The van der Waals surface area contributed by atoms with Crippen molar-refractivity contribution in [3.05, 3.63) is 77.5 Å². The molecule has 3 rings (SSSR count). The van der Waals surface area contributed by atoms with Gasteiger partial charge in [-0.2, -0.15) is 5.10 Å². The Morgan fingerprint density at radius 2 is 2.18 bits per heavy atom. The number of aryl methyl sites for hydroxylation is 1. The molecule has 0 fully saturated rings. The van der Waals surface area contributed by atoms with Gasteiger partial charge in [0.25, 0.3) is 5.91 Å². The van der Waals surface area contributed by atoms with Crippen LogP contribution in [0.3, 0.4) is 0 Å². The summed E-state index contributed by atoms with van der Waals surface area (Å²) in [6.07, 6.45) is 3.63. The third kappa shape index (κ3) is 3.44. The highest BCUT2D eigenvalue weighted by atomic mass is 16.3. The molecular weight excluding hydrogens is 278 g/mol. The van der Waals surface area contributed by atoms with Gasteiger partial charge in [0.2, 0.25) is 0 Å². The number of carbonyl (C=O) groups excluding carboxylic acids is 1. The van der Waals surface area contributed by atoms with Crippen molar-refractivity contribution in [1.82, 2.24) is 15.1 Å². The second-order valence-electron chi connectivity index (χ2n) is 5.10. The van der Waals surface area contributed by atoms with Crippen molar-refractivity contribution in [3.8, 4) is 0 Å². The summed E-state index contributed by atoms with van der Waals surface area (Å²) in [4.78, 5) is 12.2. The second kappa shape index (κ2) is 6.30. The average molecular weight is 295 g/mol. The largest absolute Gasteiger partial charge is 0.465 e. The van der Waals surface area contributed by atoms with E-state index in [0.717, 1.165) is 17.1 Å². The van der Waals surface area contributed by atoms with Gasteiger partial charge in [0.05, 0.1) is 13.1 Å². The molecule has 22 heavy (non-hydrogen) atoms. The predicted molar refractivity (Wildman–Crippen MR) is 82.4 cm³/mol. The van der Waals surface area contributed by atoms with Gasteiger partial charge in [0.1, 0.15) is 11.5 Å². The molecule has 0 aliphatic heterocycles. The number of furan rings is 1. The minimum atomic E-state index is -0.114. The maximum atomic E-state index is 12.2. The fourth-order valence-electron chi connectivity index (χ4n) is 2.24. The lowest BCUT2D eigenvalue weighted by Crippen LogP contribution is -2.22.